The third-order valence-corrected chi connectivity index (χ3v) is 4.28. The predicted octanol–water partition coefficient (Wildman–Crippen LogP) is 2.08. The molecule has 0 spiro atoms. The van der Waals surface area contributed by atoms with E-state index in [-0.39, 0.29) is 6.79 Å². The van der Waals surface area contributed by atoms with Crippen molar-refractivity contribution in [3.8, 4) is 11.5 Å². The van der Waals surface area contributed by atoms with E-state index in [1.807, 2.05) is 30.5 Å². The van der Waals surface area contributed by atoms with E-state index in [1.54, 1.807) is 18.2 Å². The molecule has 27 heavy (non-hydrogen) atoms. The van der Waals surface area contributed by atoms with Gasteiger partial charge in [0.05, 0.1) is 0 Å². The second kappa shape index (κ2) is 7.28. The maximum atomic E-state index is 12.1. The number of rotatable bonds is 4. The summed E-state index contributed by atoms with van der Waals surface area (Å²) < 4.78 is 10.4. The Balaban J connectivity index is 1.24. The first-order valence-electron chi connectivity index (χ1n) is 8.49. The monoisotopic (exact) mass is 366 g/mol. The average Bonchev–Trinajstić information content (AvgIpc) is 3.32. The number of para-hydroxylation sites is 1. The second-order valence-corrected chi connectivity index (χ2v) is 6.01. The molecular weight excluding hydrogens is 348 g/mol. The SMILES string of the molecule is O=C(NCCc1c[nH]c2ccccc12)NNC(=O)c1ccc2c(c1)OCO2. The number of fused-ring (bicyclic) bond motifs is 2. The fraction of sp³-hybridized carbons (Fsp3) is 0.158. The van der Waals surface area contributed by atoms with Crippen LogP contribution in [0.2, 0.25) is 0 Å². The highest BCUT2D eigenvalue weighted by Crippen LogP contribution is 2.32. The summed E-state index contributed by atoms with van der Waals surface area (Å²) in [4.78, 5) is 27.2. The van der Waals surface area contributed by atoms with Crippen molar-refractivity contribution in [3.05, 3.63) is 59.8 Å². The minimum Gasteiger partial charge on any atom is -0.454 e. The lowest BCUT2D eigenvalue weighted by Crippen LogP contribution is -2.47. The molecule has 2 aromatic carbocycles. The number of amides is 3. The fourth-order valence-electron chi connectivity index (χ4n) is 2.92. The third-order valence-electron chi connectivity index (χ3n) is 4.28. The van der Waals surface area contributed by atoms with Crippen LogP contribution in [0.4, 0.5) is 4.79 Å². The third kappa shape index (κ3) is 3.64. The summed E-state index contributed by atoms with van der Waals surface area (Å²) in [6.07, 6.45) is 2.61. The van der Waals surface area contributed by atoms with Crippen molar-refractivity contribution in [2.75, 3.05) is 13.3 Å². The number of H-pyrrole nitrogens is 1. The van der Waals surface area contributed by atoms with E-state index >= 15 is 0 Å². The summed E-state index contributed by atoms with van der Waals surface area (Å²) in [6, 6.07) is 12.3. The van der Waals surface area contributed by atoms with Crippen LogP contribution in [0.25, 0.3) is 10.9 Å². The molecule has 1 aliphatic rings. The number of carbonyl (C=O) groups is 2. The van der Waals surface area contributed by atoms with Crippen LogP contribution in [0, 0.1) is 0 Å². The molecule has 8 heteroatoms. The number of aromatic amines is 1. The Hall–Kier alpha value is -3.68. The molecule has 3 aromatic rings. The molecule has 0 atom stereocenters. The first-order valence-corrected chi connectivity index (χ1v) is 8.49. The van der Waals surface area contributed by atoms with Gasteiger partial charge in [-0.25, -0.2) is 10.2 Å². The number of carbonyl (C=O) groups excluding carboxylic acids is 2. The molecule has 8 nitrogen and oxygen atoms in total. The van der Waals surface area contributed by atoms with Crippen LogP contribution in [-0.2, 0) is 6.42 Å². The van der Waals surface area contributed by atoms with Crippen LogP contribution < -0.4 is 25.6 Å². The van der Waals surface area contributed by atoms with Crippen LogP contribution in [0.1, 0.15) is 15.9 Å². The van der Waals surface area contributed by atoms with Gasteiger partial charge < -0.3 is 19.8 Å². The lowest BCUT2D eigenvalue weighted by atomic mass is 10.1. The highest BCUT2D eigenvalue weighted by molar-refractivity contribution is 5.95. The maximum Gasteiger partial charge on any atom is 0.333 e. The van der Waals surface area contributed by atoms with Gasteiger partial charge in [-0.05, 0) is 36.2 Å². The van der Waals surface area contributed by atoms with E-state index < -0.39 is 11.9 Å². The van der Waals surface area contributed by atoms with Gasteiger partial charge in [-0.1, -0.05) is 18.2 Å². The molecule has 0 bridgehead atoms. The van der Waals surface area contributed by atoms with Crippen LogP contribution >= 0.6 is 0 Å². The lowest BCUT2D eigenvalue weighted by molar-refractivity contribution is 0.0936. The van der Waals surface area contributed by atoms with Gasteiger partial charge in [0.15, 0.2) is 11.5 Å². The van der Waals surface area contributed by atoms with Crippen LogP contribution in [0.3, 0.4) is 0 Å². The number of benzene rings is 2. The smallest absolute Gasteiger partial charge is 0.333 e. The van der Waals surface area contributed by atoms with E-state index in [4.69, 9.17) is 9.47 Å². The number of ether oxygens (including phenoxy) is 2. The van der Waals surface area contributed by atoms with Crippen LogP contribution in [-0.4, -0.2) is 30.3 Å². The van der Waals surface area contributed by atoms with E-state index in [9.17, 15) is 9.59 Å². The Bertz CT molecular complexity index is 998. The maximum absolute atomic E-state index is 12.1. The standard InChI is InChI=1S/C19H18N4O4/c24-18(12-5-6-16-17(9-12)27-11-26-16)22-23-19(25)20-8-7-13-10-21-15-4-2-1-3-14(13)15/h1-6,9-10,21H,7-8,11H2,(H,22,24)(H2,20,23,25). The first-order chi connectivity index (χ1) is 13.2. The zero-order valence-corrected chi connectivity index (χ0v) is 14.4. The van der Waals surface area contributed by atoms with Gasteiger partial charge in [0.25, 0.3) is 5.91 Å². The number of urea groups is 1. The van der Waals surface area contributed by atoms with E-state index in [0.717, 1.165) is 16.5 Å². The number of nitrogens with one attached hydrogen (secondary N) is 4. The molecule has 3 amide bonds. The molecule has 0 fully saturated rings. The summed E-state index contributed by atoms with van der Waals surface area (Å²) in [7, 11) is 0. The molecule has 138 valence electrons. The highest BCUT2D eigenvalue weighted by atomic mass is 16.7. The molecule has 1 aromatic heterocycles. The minimum absolute atomic E-state index is 0.136. The quantitative estimate of drug-likeness (QED) is 0.531. The average molecular weight is 366 g/mol. The molecule has 0 saturated heterocycles. The highest BCUT2D eigenvalue weighted by Gasteiger charge is 2.16. The number of aromatic nitrogens is 1. The number of hydrazine groups is 1. The van der Waals surface area contributed by atoms with Crippen molar-refractivity contribution >= 4 is 22.8 Å². The Morgan fingerprint density at radius 1 is 1.04 bits per heavy atom. The second-order valence-electron chi connectivity index (χ2n) is 6.01. The summed E-state index contributed by atoms with van der Waals surface area (Å²) >= 11 is 0. The molecule has 4 N–H and O–H groups in total. The molecule has 0 unspecified atom stereocenters. The minimum atomic E-state index is -0.482. The largest absolute Gasteiger partial charge is 0.454 e. The lowest BCUT2D eigenvalue weighted by Gasteiger charge is -2.09. The van der Waals surface area contributed by atoms with Gasteiger partial charge in [-0.2, -0.15) is 0 Å². The molecule has 0 radical (unpaired) electrons. The van der Waals surface area contributed by atoms with E-state index in [2.05, 4.69) is 21.2 Å². The van der Waals surface area contributed by atoms with Crippen molar-refractivity contribution in [2.45, 2.75) is 6.42 Å². The van der Waals surface area contributed by atoms with Crippen molar-refractivity contribution < 1.29 is 19.1 Å². The Kier molecular flexibility index (Phi) is 4.52. The predicted molar refractivity (Wildman–Crippen MR) is 98.6 cm³/mol. The van der Waals surface area contributed by atoms with Crippen molar-refractivity contribution in [1.82, 2.24) is 21.2 Å². The summed E-state index contributed by atoms with van der Waals surface area (Å²) in [6.45, 7) is 0.574. The van der Waals surface area contributed by atoms with Gasteiger partial charge >= 0.3 is 6.03 Å². The zero-order valence-electron chi connectivity index (χ0n) is 14.4. The van der Waals surface area contributed by atoms with Gasteiger partial charge in [-0.3, -0.25) is 10.2 Å². The summed E-state index contributed by atoms with van der Waals surface area (Å²) in [5, 5.41) is 3.85. The fourth-order valence-corrected chi connectivity index (χ4v) is 2.92. The van der Waals surface area contributed by atoms with Crippen LogP contribution in [0.5, 0.6) is 11.5 Å². The molecule has 2 heterocycles. The van der Waals surface area contributed by atoms with Crippen molar-refractivity contribution in [2.24, 2.45) is 0 Å². The first kappa shape index (κ1) is 16.8. The normalized spacial score (nSPS) is 12.0. The van der Waals surface area contributed by atoms with Crippen molar-refractivity contribution in [1.29, 1.82) is 0 Å². The van der Waals surface area contributed by atoms with E-state index in [0.29, 0.717) is 30.0 Å². The molecular formula is C19H18N4O4. The summed E-state index contributed by atoms with van der Waals surface area (Å²) in [5.41, 5.74) is 7.24. The van der Waals surface area contributed by atoms with E-state index in [1.165, 1.54) is 0 Å². The molecule has 0 saturated carbocycles. The van der Waals surface area contributed by atoms with Gasteiger partial charge in [0, 0.05) is 29.2 Å². The Morgan fingerprint density at radius 3 is 2.81 bits per heavy atom. The number of hydrogen-bond acceptors (Lipinski definition) is 4. The summed E-state index contributed by atoms with van der Waals surface area (Å²) in [5.74, 6) is 0.653. The Morgan fingerprint density at radius 2 is 1.89 bits per heavy atom. The molecule has 4 rings (SSSR count). The zero-order chi connectivity index (χ0) is 18.6. The van der Waals surface area contributed by atoms with Gasteiger partial charge in [-0.15, -0.1) is 0 Å². The number of hydrogen-bond donors (Lipinski definition) is 4. The molecule has 1 aliphatic heterocycles. The topological polar surface area (TPSA) is 104 Å². The Labute approximate surface area is 154 Å². The van der Waals surface area contributed by atoms with Gasteiger partial charge in [0.2, 0.25) is 6.79 Å². The van der Waals surface area contributed by atoms with Crippen LogP contribution in [0.15, 0.2) is 48.7 Å². The van der Waals surface area contributed by atoms with Gasteiger partial charge in [0.1, 0.15) is 0 Å². The molecule has 0 aliphatic carbocycles. The van der Waals surface area contributed by atoms with Crippen molar-refractivity contribution in [3.63, 3.8) is 0 Å².